The Morgan fingerprint density at radius 3 is 2.11 bits per heavy atom. The van der Waals surface area contributed by atoms with Gasteiger partial charge in [-0.05, 0) is 36.2 Å². The predicted octanol–water partition coefficient (Wildman–Crippen LogP) is 4.03. The quantitative estimate of drug-likeness (QED) is 0.386. The first-order valence-electron chi connectivity index (χ1n) is 8.96. The Balaban J connectivity index is 1.47. The number of anilines is 1. The number of fused-ring (bicyclic) bond motifs is 1. The summed E-state index contributed by atoms with van der Waals surface area (Å²) in [5, 5.41) is 0. The molecule has 0 unspecified atom stereocenters. The van der Waals surface area contributed by atoms with Gasteiger partial charge < -0.3 is 4.74 Å². The third-order valence-electron chi connectivity index (χ3n) is 4.56. The summed E-state index contributed by atoms with van der Waals surface area (Å²) >= 11 is 0. The molecule has 0 bridgehead atoms. The van der Waals surface area contributed by atoms with Crippen LogP contribution in [0.2, 0.25) is 0 Å². The zero-order chi connectivity index (χ0) is 19.5. The number of imide groups is 1. The summed E-state index contributed by atoms with van der Waals surface area (Å²) in [5.74, 6) is -0.836. The van der Waals surface area contributed by atoms with Crippen LogP contribution >= 0.6 is 0 Å². The van der Waals surface area contributed by atoms with Crippen LogP contribution in [0.3, 0.4) is 0 Å². The average Bonchev–Trinajstić information content (AvgIpc) is 2.98. The van der Waals surface area contributed by atoms with Crippen molar-refractivity contribution < 1.29 is 19.1 Å². The van der Waals surface area contributed by atoms with Crippen molar-refractivity contribution in [2.24, 2.45) is 0 Å². The first-order valence-corrected chi connectivity index (χ1v) is 8.96. The van der Waals surface area contributed by atoms with Crippen LogP contribution in [-0.4, -0.2) is 17.8 Å². The van der Waals surface area contributed by atoms with Gasteiger partial charge in [-0.3, -0.25) is 14.4 Å². The monoisotopic (exact) mass is 371 g/mol. The highest BCUT2D eigenvalue weighted by Crippen LogP contribution is 2.30. The molecule has 0 spiro atoms. The molecule has 0 atom stereocenters. The molecule has 2 amide bonds. The van der Waals surface area contributed by atoms with Crippen molar-refractivity contribution in [3.8, 4) is 5.75 Å². The molecule has 1 aliphatic rings. The lowest BCUT2D eigenvalue weighted by atomic mass is 10.1. The number of ether oxygens (including phenoxy) is 1. The molecule has 1 heterocycles. The molecule has 138 valence electrons. The molecule has 0 aliphatic carbocycles. The number of benzene rings is 3. The lowest BCUT2D eigenvalue weighted by Gasteiger charge is -2.15. The highest BCUT2D eigenvalue weighted by Gasteiger charge is 2.36. The summed E-state index contributed by atoms with van der Waals surface area (Å²) in [6, 6.07) is 22.8. The molecule has 5 heteroatoms. The number of carbonyl (C=O) groups excluding carboxylic acids is 3. The molecule has 0 radical (unpaired) electrons. The van der Waals surface area contributed by atoms with Gasteiger partial charge in [0, 0.05) is 12.5 Å². The third kappa shape index (κ3) is 3.42. The van der Waals surface area contributed by atoms with E-state index in [9.17, 15) is 14.4 Å². The van der Waals surface area contributed by atoms with Crippen molar-refractivity contribution >= 4 is 23.5 Å². The highest BCUT2D eigenvalue weighted by atomic mass is 16.5. The Labute approximate surface area is 162 Å². The van der Waals surface area contributed by atoms with E-state index in [0.717, 1.165) is 10.5 Å². The molecule has 0 aromatic heterocycles. The van der Waals surface area contributed by atoms with E-state index in [1.54, 1.807) is 42.5 Å². The van der Waals surface area contributed by atoms with Crippen molar-refractivity contribution in [2.75, 3.05) is 4.90 Å². The largest absolute Gasteiger partial charge is 0.426 e. The van der Waals surface area contributed by atoms with Gasteiger partial charge in [0.05, 0.1) is 16.8 Å². The maximum Gasteiger partial charge on any atom is 0.311 e. The first kappa shape index (κ1) is 17.7. The van der Waals surface area contributed by atoms with Crippen LogP contribution in [0, 0.1) is 0 Å². The number of rotatable bonds is 5. The fraction of sp³-hybridized carbons (Fsp3) is 0.0870. The van der Waals surface area contributed by atoms with Gasteiger partial charge in [-0.25, -0.2) is 4.90 Å². The maximum atomic E-state index is 12.6. The van der Waals surface area contributed by atoms with Crippen molar-refractivity contribution in [2.45, 2.75) is 12.8 Å². The van der Waals surface area contributed by atoms with Crippen LogP contribution in [0.4, 0.5) is 5.69 Å². The second kappa shape index (κ2) is 7.48. The molecule has 1 aliphatic heterocycles. The minimum absolute atomic E-state index is 0.237. The number of hydrogen-bond acceptors (Lipinski definition) is 4. The van der Waals surface area contributed by atoms with Gasteiger partial charge in [-0.2, -0.15) is 0 Å². The van der Waals surface area contributed by atoms with Gasteiger partial charge in [0.15, 0.2) is 0 Å². The molecule has 3 aromatic rings. The minimum atomic E-state index is -0.381. The minimum Gasteiger partial charge on any atom is -0.426 e. The van der Waals surface area contributed by atoms with Crippen LogP contribution in [0.25, 0.3) is 0 Å². The van der Waals surface area contributed by atoms with Gasteiger partial charge in [0.1, 0.15) is 5.75 Å². The molecular weight excluding hydrogens is 354 g/mol. The standard InChI is InChI=1S/C23H17NO4/c25-21(14-13-16-7-2-1-3-8-16)28-18-10-6-9-17(15-18)24-22(26)19-11-4-5-12-20(19)23(24)27/h1-12,15H,13-14H2. The Morgan fingerprint density at radius 1 is 0.786 bits per heavy atom. The van der Waals surface area contributed by atoms with E-state index in [1.807, 2.05) is 30.3 Å². The van der Waals surface area contributed by atoms with Crippen molar-refractivity contribution in [3.05, 3.63) is 95.6 Å². The number of nitrogens with zero attached hydrogens (tertiary/aromatic N) is 1. The van der Waals surface area contributed by atoms with Crippen molar-refractivity contribution in [1.29, 1.82) is 0 Å². The van der Waals surface area contributed by atoms with Crippen LogP contribution in [0.1, 0.15) is 32.7 Å². The van der Waals surface area contributed by atoms with E-state index in [0.29, 0.717) is 29.0 Å². The second-order valence-electron chi connectivity index (χ2n) is 6.45. The maximum absolute atomic E-state index is 12.6. The van der Waals surface area contributed by atoms with Gasteiger partial charge in [0.25, 0.3) is 11.8 Å². The second-order valence-corrected chi connectivity index (χ2v) is 6.45. The van der Waals surface area contributed by atoms with E-state index in [1.165, 1.54) is 6.07 Å². The molecule has 0 saturated heterocycles. The third-order valence-corrected chi connectivity index (χ3v) is 4.56. The van der Waals surface area contributed by atoms with Gasteiger partial charge in [-0.1, -0.05) is 48.5 Å². The highest BCUT2D eigenvalue weighted by molar-refractivity contribution is 6.34. The smallest absolute Gasteiger partial charge is 0.311 e. The lowest BCUT2D eigenvalue weighted by Crippen LogP contribution is -2.29. The van der Waals surface area contributed by atoms with Crippen molar-refractivity contribution in [1.82, 2.24) is 0 Å². The zero-order valence-corrected chi connectivity index (χ0v) is 15.0. The Morgan fingerprint density at radius 2 is 1.43 bits per heavy atom. The number of hydrogen-bond donors (Lipinski definition) is 0. The molecule has 0 fully saturated rings. The number of aryl methyl sites for hydroxylation is 1. The summed E-state index contributed by atoms with van der Waals surface area (Å²) < 4.78 is 5.40. The number of amides is 2. The molecular formula is C23H17NO4. The summed E-state index contributed by atoms with van der Waals surface area (Å²) in [4.78, 5) is 38.5. The first-order chi connectivity index (χ1) is 13.6. The van der Waals surface area contributed by atoms with E-state index < -0.39 is 0 Å². The SMILES string of the molecule is O=C(CCc1ccccc1)Oc1cccc(N2C(=O)c3ccccc3C2=O)c1. The molecule has 0 saturated carbocycles. The van der Waals surface area contributed by atoms with Crippen LogP contribution in [0.15, 0.2) is 78.9 Å². The van der Waals surface area contributed by atoms with Gasteiger partial charge in [0.2, 0.25) is 0 Å². The van der Waals surface area contributed by atoms with E-state index in [2.05, 4.69) is 0 Å². The molecule has 28 heavy (non-hydrogen) atoms. The topological polar surface area (TPSA) is 63.7 Å². The number of carbonyl (C=O) groups is 3. The Hall–Kier alpha value is -3.73. The lowest BCUT2D eigenvalue weighted by molar-refractivity contribution is -0.134. The van der Waals surface area contributed by atoms with E-state index in [4.69, 9.17) is 4.74 Å². The fourth-order valence-electron chi connectivity index (χ4n) is 3.18. The normalized spacial score (nSPS) is 12.8. The van der Waals surface area contributed by atoms with Crippen LogP contribution in [-0.2, 0) is 11.2 Å². The molecule has 5 nitrogen and oxygen atoms in total. The Bertz CT molecular complexity index is 1020. The summed E-state index contributed by atoms with van der Waals surface area (Å²) in [6.45, 7) is 0. The summed E-state index contributed by atoms with van der Waals surface area (Å²) in [7, 11) is 0. The fourth-order valence-corrected chi connectivity index (χ4v) is 3.18. The molecule has 4 rings (SSSR count). The van der Waals surface area contributed by atoms with Gasteiger partial charge in [-0.15, -0.1) is 0 Å². The van der Waals surface area contributed by atoms with Gasteiger partial charge >= 0.3 is 5.97 Å². The van der Waals surface area contributed by atoms with E-state index >= 15 is 0 Å². The van der Waals surface area contributed by atoms with Crippen LogP contribution < -0.4 is 9.64 Å². The van der Waals surface area contributed by atoms with E-state index in [-0.39, 0.29) is 24.2 Å². The molecule has 3 aromatic carbocycles. The average molecular weight is 371 g/mol. The Kier molecular flexibility index (Phi) is 4.72. The summed E-state index contributed by atoms with van der Waals surface area (Å²) in [6.07, 6.45) is 0.818. The number of esters is 1. The van der Waals surface area contributed by atoms with Crippen molar-refractivity contribution in [3.63, 3.8) is 0 Å². The summed E-state index contributed by atoms with van der Waals surface area (Å²) in [5.41, 5.74) is 2.18. The molecule has 0 N–H and O–H groups in total. The predicted molar refractivity (Wildman–Crippen MR) is 104 cm³/mol. The zero-order valence-electron chi connectivity index (χ0n) is 15.0. The van der Waals surface area contributed by atoms with Crippen LogP contribution in [0.5, 0.6) is 5.75 Å².